The standard InChI is InChI=1S/C21H32O5/c1-5-25-19(23)13-21(16(2)3)12-11-20(4,26-21)18(22)15-24-14-17-9-7-6-8-10-17/h6-10,16,18,22H,5,11-15H2,1-4H3/t18-,20+,21?/m0/s1. The maximum Gasteiger partial charge on any atom is 0.308 e. The minimum atomic E-state index is -0.756. The normalized spacial score (nSPS) is 26.8. The summed E-state index contributed by atoms with van der Waals surface area (Å²) < 4.78 is 17.1. The lowest BCUT2D eigenvalue weighted by molar-refractivity contribution is -0.186. The molecule has 0 aliphatic carbocycles. The SMILES string of the molecule is CCOC(=O)CC1(C(C)C)CC[C@](C)([C@@H](O)COCc2ccccc2)O1. The molecule has 1 heterocycles. The van der Waals surface area contributed by atoms with Crippen molar-refractivity contribution in [1.82, 2.24) is 0 Å². The highest BCUT2D eigenvalue weighted by Gasteiger charge is 2.52. The van der Waals surface area contributed by atoms with Gasteiger partial charge in [-0.05, 0) is 38.2 Å². The van der Waals surface area contributed by atoms with E-state index in [9.17, 15) is 9.90 Å². The zero-order chi connectivity index (χ0) is 19.2. The van der Waals surface area contributed by atoms with Gasteiger partial charge in [-0.15, -0.1) is 0 Å². The Kier molecular flexibility index (Phi) is 7.21. The highest BCUT2D eigenvalue weighted by molar-refractivity contribution is 5.70. The van der Waals surface area contributed by atoms with E-state index in [0.717, 1.165) is 12.0 Å². The zero-order valence-electron chi connectivity index (χ0n) is 16.4. The Morgan fingerprint density at radius 3 is 2.58 bits per heavy atom. The third-order valence-corrected chi connectivity index (χ3v) is 5.37. The second-order valence-electron chi connectivity index (χ2n) is 7.63. The number of ether oxygens (including phenoxy) is 3. The summed E-state index contributed by atoms with van der Waals surface area (Å²) in [6.07, 6.45) is 0.857. The number of benzene rings is 1. The number of aliphatic hydroxyl groups excluding tert-OH is 1. The first kappa shape index (κ1) is 20.9. The van der Waals surface area contributed by atoms with Crippen LogP contribution in [0.5, 0.6) is 0 Å². The Morgan fingerprint density at radius 1 is 1.27 bits per heavy atom. The molecule has 0 saturated carbocycles. The van der Waals surface area contributed by atoms with Gasteiger partial charge in [0.15, 0.2) is 0 Å². The van der Waals surface area contributed by atoms with Crippen LogP contribution in [0.2, 0.25) is 0 Å². The molecule has 146 valence electrons. The first-order valence-corrected chi connectivity index (χ1v) is 9.47. The summed E-state index contributed by atoms with van der Waals surface area (Å²) in [6, 6.07) is 9.86. The van der Waals surface area contributed by atoms with Crippen molar-refractivity contribution in [3.8, 4) is 0 Å². The molecule has 1 aliphatic rings. The molecule has 0 spiro atoms. The fourth-order valence-electron chi connectivity index (χ4n) is 3.49. The maximum absolute atomic E-state index is 12.0. The molecule has 1 aromatic carbocycles. The predicted octanol–water partition coefficient (Wildman–Crippen LogP) is 3.48. The van der Waals surface area contributed by atoms with Gasteiger partial charge in [-0.2, -0.15) is 0 Å². The first-order chi connectivity index (χ1) is 12.3. The molecule has 3 atom stereocenters. The monoisotopic (exact) mass is 364 g/mol. The van der Waals surface area contributed by atoms with Crippen molar-refractivity contribution in [2.75, 3.05) is 13.2 Å². The molecule has 0 radical (unpaired) electrons. The molecule has 5 heteroatoms. The van der Waals surface area contributed by atoms with E-state index in [1.807, 2.05) is 51.1 Å². The van der Waals surface area contributed by atoms with Crippen LogP contribution in [0.4, 0.5) is 0 Å². The third-order valence-electron chi connectivity index (χ3n) is 5.37. The smallest absolute Gasteiger partial charge is 0.308 e. The molecule has 1 N–H and O–H groups in total. The largest absolute Gasteiger partial charge is 0.466 e. The van der Waals surface area contributed by atoms with Gasteiger partial charge in [-0.3, -0.25) is 4.79 Å². The number of hydrogen-bond acceptors (Lipinski definition) is 5. The number of aliphatic hydroxyl groups is 1. The van der Waals surface area contributed by atoms with Gasteiger partial charge in [-0.1, -0.05) is 44.2 Å². The minimum Gasteiger partial charge on any atom is -0.466 e. The van der Waals surface area contributed by atoms with E-state index in [2.05, 4.69) is 0 Å². The van der Waals surface area contributed by atoms with Crippen LogP contribution in [0.15, 0.2) is 30.3 Å². The maximum atomic E-state index is 12.0. The van der Waals surface area contributed by atoms with Crippen molar-refractivity contribution in [2.45, 2.75) is 70.9 Å². The van der Waals surface area contributed by atoms with E-state index in [0.29, 0.717) is 19.6 Å². The van der Waals surface area contributed by atoms with Crippen molar-refractivity contribution in [2.24, 2.45) is 5.92 Å². The quantitative estimate of drug-likeness (QED) is 0.680. The molecule has 1 saturated heterocycles. The third kappa shape index (κ3) is 5.06. The van der Waals surface area contributed by atoms with Crippen LogP contribution in [0.1, 0.15) is 52.5 Å². The van der Waals surface area contributed by atoms with Crippen LogP contribution in [0, 0.1) is 5.92 Å². The van der Waals surface area contributed by atoms with Crippen molar-refractivity contribution >= 4 is 5.97 Å². The summed E-state index contributed by atoms with van der Waals surface area (Å²) in [5, 5.41) is 10.7. The van der Waals surface area contributed by atoms with Crippen molar-refractivity contribution in [3.05, 3.63) is 35.9 Å². The Balaban J connectivity index is 1.94. The Bertz CT molecular complexity index is 573. The van der Waals surface area contributed by atoms with Crippen LogP contribution in [-0.2, 0) is 25.6 Å². The van der Waals surface area contributed by atoms with E-state index in [4.69, 9.17) is 14.2 Å². The summed E-state index contributed by atoms with van der Waals surface area (Å²) in [5.41, 5.74) is -0.259. The number of hydrogen-bond donors (Lipinski definition) is 1. The topological polar surface area (TPSA) is 65.0 Å². The molecular weight excluding hydrogens is 332 g/mol. The molecule has 0 aromatic heterocycles. The molecule has 1 fully saturated rings. The van der Waals surface area contributed by atoms with Crippen LogP contribution in [0.3, 0.4) is 0 Å². The average molecular weight is 364 g/mol. The van der Waals surface area contributed by atoms with Crippen LogP contribution in [-0.4, -0.2) is 41.6 Å². The van der Waals surface area contributed by atoms with Gasteiger partial charge in [0.2, 0.25) is 0 Å². The van der Waals surface area contributed by atoms with E-state index >= 15 is 0 Å². The lowest BCUT2D eigenvalue weighted by Gasteiger charge is -2.37. The fraction of sp³-hybridized carbons (Fsp3) is 0.667. The van der Waals surface area contributed by atoms with E-state index < -0.39 is 17.3 Å². The lowest BCUT2D eigenvalue weighted by atomic mass is 9.83. The van der Waals surface area contributed by atoms with E-state index in [-0.39, 0.29) is 24.9 Å². The summed E-state index contributed by atoms with van der Waals surface area (Å²) in [6.45, 7) is 8.80. The number of carbonyl (C=O) groups excluding carboxylic acids is 1. The molecular formula is C21H32O5. The van der Waals surface area contributed by atoms with Crippen molar-refractivity contribution < 1.29 is 24.1 Å². The summed E-state index contributed by atoms with van der Waals surface area (Å²) in [4.78, 5) is 12.0. The second-order valence-corrected chi connectivity index (χ2v) is 7.63. The van der Waals surface area contributed by atoms with Gasteiger partial charge in [0, 0.05) is 0 Å². The molecule has 1 unspecified atom stereocenters. The van der Waals surface area contributed by atoms with Crippen molar-refractivity contribution in [1.29, 1.82) is 0 Å². The average Bonchev–Trinajstić information content (AvgIpc) is 2.95. The van der Waals surface area contributed by atoms with Gasteiger partial charge in [0.25, 0.3) is 0 Å². The molecule has 0 bridgehead atoms. The number of esters is 1. The van der Waals surface area contributed by atoms with Crippen LogP contribution >= 0.6 is 0 Å². The van der Waals surface area contributed by atoms with Gasteiger partial charge in [0.05, 0.1) is 37.4 Å². The van der Waals surface area contributed by atoms with Gasteiger partial charge >= 0.3 is 5.97 Å². The Morgan fingerprint density at radius 2 is 1.96 bits per heavy atom. The lowest BCUT2D eigenvalue weighted by Crippen LogP contribution is -2.47. The van der Waals surface area contributed by atoms with Crippen molar-refractivity contribution in [3.63, 3.8) is 0 Å². The summed E-state index contributed by atoms with van der Waals surface area (Å²) >= 11 is 0. The number of carbonyl (C=O) groups is 1. The van der Waals surface area contributed by atoms with Gasteiger partial charge < -0.3 is 19.3 Å². The van der Waals surface area contributed by atoms with Gasteiger partial charge in [0.1, 0.15) is 6.10 Å². The molecule has 26 heavy (non-hydrogen) atoms. The first-order valence-electron chi connectivity index (χ1n) is 9.47. The number of rotatable bonds is 9. The van der Waals surface area contributed by atoms with Crippen LogP contribution < -0.4 is 0 Å². The van der Waals surface area contributed by atoms with E-state index in [1.54, 1.807) is 6.92 Å². The Hall–Kier alpha value is -1.43. The van der Waals surface area contributed by atoms with E-state index in [1.165, 1.54) is 0 Å². The molecule has 1 aromatic rings. The highest BCUT2D eigenvalue weighted by Crippen LogP contribution is 2.46. The summed E-state index contributed by atoms with van der Waals surface area (Å²) in [7, 11) is 0. The van der Waals surface area contributed by atoms with Gasteiger partial charge in [-0.25, -0.2) is 0 Å². The highest BCUT2D eigenvalue weighted by atomic mass is 16.6. The molecule has 1 aliphatic heterocycles. The Labute approximate surface area is 156 Å². The van der Waals surface area contributed by atoms with Crippen LogP contribution in [0.25, 0.3) is 0 Å². The zero-order valence-corrected chi connectivity index (χ0v) is 16.4. The second kappa shape index (κ2) is 8.98. The molecule has 0 amide bonds. The predicted molar refractivity (Wildman–Crippen MR) is 99.6 cm³/mol. The summed E-state index contributed by atoms with van der Waals surface area (Å²) in [5.74, 6) is -0.105. The fourth-order valence-corrected chi connectivity index (χ4v) is 3.49. The minimum absolute atomic E-state index is 0.145. The molecule has 5 nitrogen and oxygen atoms in total. The molecule has 2 rings (SSSR count).